The molecule has 2 heterocycles. The van der Waals surface area contributed by atoms with Gasteiger partial charge in [0.25, 0.3) is 0 Å². The van der Waals surface area contributed by atoms with E-state index < -0.39 is 0 Å². The van der Waals surface area contributed by atoms with Crippen molar-refractivity contribution in [3.05, 3.63) is 23.4 Å². The van der Waals surface area contributed by atoms with Gasteiger partial charge in [-0.05, 0) is 70.3 Å². The van der Waals surface area contributed by atoms with Gasteiger partial charge in [0.2, 0.25) is 0 Å². The molecular formula is C18H26N2O2. The predicted octanol–water partition coefficient (Wildman–Crippen LogP) is 3.76. The van der Waals surface area contributed by atoms with E-state index >= 15 is 0 Å². The Morgan fingerprint density at radius 1 is 1.27 bits per heavy atom. The molecule has 0 amide bonds. The van der Waals surface area contributed by atoms with Crippen molar-refractivity contribution in [3.63, 3.8) is 0 Å². The molecule has 0 radical (unpaired) electrons. The average Bonchev–Trinajstić information content (AvgIpc) is 2.93. The van der Waals surface area contributed by atoms with Gasteiger partial charge in [-0.25, -0.2) is 0 Å². The smallest absolute Gasteiger partial charge is 0.174 e. The zero-order valence-corrected chi connectivity index (χ0v) is 13.6. The lowest BCUT2D eigenvalue weighted by Crippen LogP contribution is -2.30. The Bertz CT molecular complexity index is 627. The topological polar surface area (TPSA) is 49.5 Å². The van der Waals surface area contributed by atoms with E-state index in [-0.39, 0.29) is 0 Å². The Morgan fingerprint density at radius 2 is 2.05 bits per heavy atom. The van der Waals surface area contributed by atoms with Crippen LogP contribution in [-0.2, 0) is 12.8 Å². The molecule has 0 bridgehead atoms. The first-order chi connectivity index (χ1) is 10.7. The molecule has 2 aromatic rings. The van der Waals surface area contributed by atoms with Gasteiger partial charge in [-0.3, -0.25) is 0 Å². The van der Waals surface area contributed by atoms with E-state index in [0.717, 1.165) is 47.4 Å². The van der Waals surface area contributed by atoms with Crippen LogP contribution in [-0.4, -0.2) is 35.3 Å². The number of phenols is 1. The number of piperidine rings is 1. The molecule has 0 spiro atoms. The minimum Gasteiger partial charge on any atom is -0.508 e. The third-order valence-electron chi connectivity index (χ3n) is 4.92. The van der Waals surface area contributed by atoms with Crippen molar-refractivity contribution in [2.24, 2.45) is 5.92 Å². The normalized spacial score (nSPS) is 17.4. The van der Waals surface area contributed by atoms with Crippen LogP contribution in [0.25, 0.3) is 11.0 Å². The van der Waals surface area contributed by atoms with Crippen LogP contribution in [0.4, 0.5) is 0 Å². The number of rotatable bonds is 5. The number of aromatic nitrogens is 1. The second kappa shape index (κ2) is 6.69. The highest BCUT2D eigenvalue weighted by Crippen LogP contribution is 2.31. The molecule has 1 aliphatic heterocycles. The molecule has 1 saturated heterocycles. The Hall–Kier alpha value is -1.55. The van der Waals surface area contributed by atoms with Gasteiger partial charge in [0.05, 0.1) is 5.69 Å². The summed E-state index contributed by atoms with van der Waals surface area (Å²) in [6.07, 6.45) is 6.53. The molecule has 0 atom stereocenters. The molecule has 1 N–H and O–H groups in total. The fourth-order valence-corrected chi connectivity index (χ4v) is 3.46. The van der Waals surface area contributed by atoms with Crippen LogP contribution in [0.1, 0.15) is 43.9 Å². The third kappa shape index (κ3) is 3.12. The number of benzene rings is 1. The minimum absolute atomic E-state index is 0.326. The Balaban J connectivity index is 1.73. The van der Waals surface area contributed by atoms with E-state index in [9.17, 15) is 5.11 Å². The van der Waals surface area contributed by atoms with E-state index in [0.29, 0.717) is 5.75 Å². The standard InChI is InChI=1S/C18H26N2O2/c1-3-4-15-17(21)8-6-14-16(19-22-18(14)15)7-5-13-9-11-20(2)12-10-13/h6,8,13,21H,3-5,7,9-12H2,1-2H3. The highest BCUT2D eigenvalue weighted by molar-refractivity contribution is 5.84. The van der Waals surface area contributed by atoms with Crippen molar-refractivity contribution in [3.8, 4) is 5.75 Å². The maximum absolute atomic E-state index is 10.0. The Kier molecular flexibility index (Phi) is 4.67. The predicted molar refractivity (Wildman–Crippen MR) is 88.2 cm³/mol. The molecule has 0 saturated carbocycles. The van der Waals surface area contributed by atoms with Crippen molar-refractivity contribution < 1.29 is 9.63 Å². The number of nitrogens with zero attached hydrogens (tertiary/aromatic N) is 2. The van der Waals surface area contributed by atoms with Crippen molar-refractivity contribution >= 4 is 11.0 Å². The van der Waals surface area contributed by atoms with Gasteiger partial charge in [-0.15, -0.1) is 0 Å². The summed E-state index contributed by atoms with van der Waals surface area (Å²) in [5, 5.41) is 15.4. The Labute approximate surface area is 132 Å². The number of aromatic hydroxyl groups is 1. The minimum atomic E-state index is 0.326. The molecule has 3 rings (SSSR count). The van der Waals surface area contributed by atoms with E-state index in [1.807, 2.05) is 6.07 Å². The quantitative estimate of drug-likeness (QED) is 0.913. The SMILES string of the molecule is CCCc1c(O)ccc2c(CCC3CCN(C)CC3)noc12. The van der Waals surface area contributed by atoms with Crippen LogP contribution >= 0.6 is 0 Å². The van der Waals surface area contributed by atoms with Crippen molar-refractivity contribution in [1.29, 1.82) is 0 Å². The summed E-state index contributed by atoms with van der Waals surface area (Å²) < 4.78 is 5.55. The summed E-state index contributed by atoms with van der Waals surface area (Å²) in [6.45, 7) is 4.52. The van der Waals surface area contributed by atoms with Gasteiger partial charge in [0.1, 0.15) is 5.75 Å². The van der Waals surface area contributed by atoms with E-state index in [1.165, 1.54) is 32.4 Å². The first-order valence-electron chi connectivity index (χ1n) is 8.46. The number of phenolic OH excluding ortho intramolecular Hbond substituents is 1. The van der Waals surface area contributed by atoms with Crippen molar-refractivity contribution in [2.45, 2.75) is 45.4 Å². The van der Waals surface area contributed by atoms with Crippen LogP contribution in [0, 0.1) is 5.92 Å². The maximum Gasteiger partial charge on any atom is 0.174 e. The van der Waals surface area contributed by atoms with Crippen LogP contribution in [0.3, 0.4) is 0 Å². The molecule has 4 heteroatoms. The number of fused-ring (bicyclic) bond motifs is 1. The number of aryl methyl sites for hydroxylation is 2. The van der Waals surface area contributed by atoms with E-state index in [2.05, 4.69) is 24.0 Å². The highest BCUT2D eigenvalue weighted by atomic mass is 16.5. The van der Waals surface area contributed by atoms with Gasteiger partial charge in [-0.1, -0.05) is 18.5 Å². The second-order valence-electron chi connectivity index (χ2n) is 6.60. The summed E-state index contributed by atoms with van der Waals surface area (Å²) in [4.78, 5) is 2.40. The average molecular weight is 302 g/mol. The summed E-state index contributed by atoms with van der Waals surface area (Å²) in [5.41, 5.74) is 2.73. The molecule has 1 aliphatic rings. The number of hydrogen-bond donors (Lipinski definition) is 1. The summed E-state index contributed by atoms with van der Waals surface area (Å²) in [6, 6.07) is 3.73. The van der Waals surface area contributed by atoms with Gasteiger partial charge >= 0.3 is 0 Å². The summed E-state index contributed by atoms with van der Waals surface area (Å²) >= 11 is 0. The third-order valence-corrected chi connectivity index (χ3v) is 4.92. The Morgan fingerprint density at radius 3 is 2.77 bits per heavy atom. The monoisotopic (exact) mass is 302 g/mol. The van der Waals surface area contributed by atoms with Crippen LogP contribution in [0.15, 0.2) is 16.7 Å². The summed E-state index contributed by atoms with van der Waals surface area (Å²) in [5.74, 6) is 1.13. The molecular weight excluding hydrogens is 276 g/mol. The fourth-order valence-electron chi connectivity index (χ4n) is 3.46. The molecule has 0 unspecified atom stereocenters. The molecule has 1 aromatic heterocycles. The first kappa shape index (κ1) is 15.3. The lowest BCUT2D eigenvalue weighted by Gasteiger charge is -2.28. The lowest BCUT2D eigenvalue weighted by molar-refractivity contribution is 0.212. The number of hydrogen-bond acceptors (Lipinski definition) is 4. The molecule has 1 aromatic carbocycles. The zero-order valence-electron chi connectivity index (χ0n) is 13.6. The van der Waals surface area contributed by atoms with E-state index in [4.69, 9.17) is 4.52 Å². The van der Waals surface area contributed by atoms with Gasteiger partial charge in [-0.2, -0.15) is 0 Å². The van der Waals surface area contributed by atoms with Crippen LogP contribution in [0.5, 0.6) is 5.75 Å². The second-order valence-corrected chi connectivity index (χ2v) is 6.60. The molecule has 120 valence electrons. The highest BCUT2D eigenvalue weighted by Gasteiger charge is 2.19. The summed E-state index contributed by atoms with van der Waals surface area (Å²) in [7, 11) is 2.20. The van der Waals surface area contributed by atoms with Gasteiger partial charge in [0.15, 0.2) is 5.58 Å². The van der Waals surface area contributed by atoms with Gasteiger partial charge in [0, 0.05) is 10.9 Å². The van der Waals surface area contributed by atoms with E-state index in [1.54, 1.807) is 6.07 Å². The lowest BCUT2D eigenvalue weighted by atomic mass is 9.91. The fraction of sp³-hybridized carbons (Fsp3) is 0.611. The largest absolute Gasteiger partial charge is 0.508 e. The zero-order chi connectivity index (χ0) is 15.5. The van der Waals surface area contributed by atoms with Crippen molar-refractivity contribution in [1.82, 2.24) is 10.1 Å². The number of likely N-dealkylation sites (tertiary alicyclic amines) is 1. The molecule has 1 fully saturated rings. The van der Waals surface area contributed by atoms with Gasteiger partial charge < -0.3 is 14.5 Å². The van der Waals surface area contributed by atoms with Crippen LogP contribution in [0.2, 0.25) is 0 Å². The maximum atomic E-state index is 10.0. The molecule has 4 nitrogen and oxygen atoms in total. The first-order valence-corrected chi connectivity index (χ1v) is 8.46. The molecule has 22 heavy (non-hydrogen) atoms. The molecule has 0 aliphatic carbocycles. The van der Waals surface area contributed by atoms with Crippen LogP contribution < -0.4 is 0 Å². The van der Waals surface area contributed by atoms with Crippen molar-refractivity contribution in [2.75, 3.05) is 20.1 Å².